The highest BCUT2D eigenvalue weighted by molar-refractivity contribution is 7.85. The lowest BCUT2D eigenvalue weighted by Gasteiger charge is -2.21. The van der Waals surface area contributed by atoms with Crippen LogP contribution in [0.15, 0.2) is 133 Å². The van der Waals surface area contributed by atoms with E-state index in [2.05, 4.69) is 16.7 Å². The molecule has 0 saturated carbocycles. The fourth-order valence-corrected chi connectivity index (χ4v) is 7.81. The van der Waals surface area contributed by atoms with Crippen LogP contribution in [0.1, 0.15) is 0 Å². The summed E-state index contributed by atoms with van der Waals surface area (Å²) in [6.07, 6.45) is 0. The topological polar surface area (TPSA) is 47.8 Å². The second kappa shape index (κ2) is 8.55. The minimum Gasteiger partial charge on any atom is -0.309 e. The Morgan fingerprint density at radius 1 is 0.541 bits per heavy atom. The molecule has 0 bridgehead atoms. The van der Waals surface area contributed by atoms with E-state index in [1.807, 2.05) is 121 Å². The van der Waals surface area contributed by atoms with Crippen molar-refractivity contribution in [3.05, 3.63) is 133 Å². The SMILES string of the molecule is O=P(c1ccccc1)(c1ccccc1)c1cccc(-n2c3ccccc3c3nc4ccccc4nc32)c1. The number of nitrogens with zero attached hydrogens (tertiary/aromatic N) is 3. The predicted molar refractivity (Wildman–Crippen MR) is 153 cm³/mol. The zero-order chi connectivity index (χ0) is 24.8. The van der Waals surface area contributed by atoms with Gasteiger partial charge >= 0.3 is 0 Å². The number of fused-ring (bicyclic) bond motifs is 4. The van der Waals surface area contributed by atoms with Crippen molar-refractivity contribution in [1.29, 1.82) is 0 Å². The molecule has 0 radical (unpaired) electrons. The Labute approximate surface area is 214 Å². The third kappa shape index (κ3) is 3.41. The van der Waals surface area contributed by atoms with E-state index in [9.17, 15) is 0 Å². The van der Waals surface area contributed by atoms with E-state index in [1.54, 1.807) is 0 Å². The molecule has 0 aliphatic rings. The van der Waals surface area contributed by atoms with E-state index in [-0.39, 0.29) is 0 Å². The minimum atomic E-state index is -3.11. The Balaban J connectivity index is 1.52. The van der Waals surface area contributed by atoms with Gasteiger partial charge in [-0.05, 0) is 30.3 Å². The summed E-state index contributed by atoms with van der Waals surface area (Å²) in [6.45, 7) is 0. The van der Waals surface area contributed by atoms with Crippen molar-refractivity contribution in [1.82, 2.24) is 14.5 Å². The first kappa shape index (κ1) is 21.7. The lowest BCUT2D eigenvalue weighted by atomic mass is 10.2. The lowest BCUT2D eigenvalue weighted by Crippen LogP contribution is -2.25. The van der Waals surface area contributed by atoms with Crippen LogP contribution in [0.3, 0.4) is 0 Å². The van der Waals surface area contributed by atoms with Crippen molar-refractivity contribution < 1.29 is 4.57 Å². The first-order valence-electron chi connectivity index (χ1n) is 12.2. The Hall–Kier alpha value is -4.53. The van der Waals surface area contributed by atoms with Crippen molar-refractivity contribution >= 4 is 56.2 Å². The van der Waals surface area contributed by atoms with Crippen molar-refractivity contribution in [2.24, 2.45) is 0 Å². The molecule has 0 fully saturated rings. The van der Waals surface area contributed by atoms with Gasteiger partial charge < -0.3 is 4.57 Å². The first-order valence-corrected chi connectivity index (χ1v) is 13.9. The van der Waals surface area contributed by atoms with E-state index >= 15 is 4.57 Å². The van der Waals surface area contributed by atoms with Gasteiger partial charge in [-0.2, -0.15) is 0 Å². The maximum atomic E-state index is 15.0. The summed E-state index contributed by atoms with van der Waals surface area (Å²) in [7, 11) is -3.11. The molecule has 5 aromatic carbocycles. The van der Waals surface area contributed by atoms with Crippen LogP contribution in [0.5, 0.6) is 0 Å². The van der Waals surface area contributed by atoms with Gasteiger partial charge in [-0.25, -0.2) is 9.97 Å². The molecule has 2 aromatic heterocycles. The normalized spacial score (nSPS) is 11.9. The molecule has 176 valence electrons. The molecule has 0 saturated heterocycles. The van der Waals surface area contributed by atoms with Crippen LogP contribution in [0, 0.1) is 0 Å². The Morgan fingerprint density at radius 3 is 1.81 bits per heavy atom. The summed E-state index contributed by atoms with van der Waals surface area (Å²) in [5, 5.41) is 3.44. The minimum absolute atomic E-state index is 0.780. The van der Waals surface area contributed by atoms with Crippen LogP contribution in [-0.4, -0.2) is 14.5 Å². The Bertz CT molecular complexity index is 1920. The number of hydrogen-bond donors (Lipinski definition) is 0. The van der Waals surface area contributed by atoms with Gasteiger partial charge in [0.25, 0.3) is 0 Å². The number of hydrogen-bond acceptors (Lipinski definition) is 3. The smallest absolute Gasteiger partial charge is 0.171 e. The number of rotatable bonds is 4. The van der Waals surface area contributed by atoms with Crippen LogP contribution in [-0.2, 0) is 4.57 Å². The van der Waals surface area contributed by atoms with Gasteiger partial charge in [-0.15, -0.1) is 0 Å². The monoisotopic (exact) mass is 495 g/mol. The highest BCUT2D eigenvalue weighted by atomic mass is 31.2. The molecule has 0 aliphatic heterocycles. The molecule has 0 unspecified atom stereocenters. The van der Waals surface area contributed by atoms with E-state index < -0.39 is 7.14 Å². The highest BCUT2D eigenvalue weighted by Crippen LogP contribution is 2.43. The maximum Gasteiger partial charge on any atom is 0.171 e. The molecular weight excluding hydrogens is 473 g/mol. The summed E-state index contributed by atoms with van der Waals surface area (Å²) >= 11 is 0. The number of aromatic nitrogens is 3. The first-order chi connectivity index (χ1) is 18.2. The maximum absolute atomic E-state index is 15.0. The summed E-state index contributed by atoms with van der Waals surface area (Å²) in [5.41, 5.74) is 5.26. The van der Waals surface area contributed by atoms with Gasteiger partial charge in [0.1, 0.15) is 5.52 Å². The molecule has 0 aliphatic carbocycles. The average Bonchev–Trinajstić information content (AvgIpc) is 3.29. The lowest BCUT2D eigenvalue weighted by molar-refractivity contribution is 0.592. The standard InChI is InChI=1S/C32H22N3OP/c36-37(24-13-3-1-4-14-24,25-15-5-2-6-16-25)26-17-11-12-23(22-26)35-30-21-10-7-18-27(30)31-32(35)34-29-20-9-8-19-28(29)33-31/h1-22H. The van der Waals surface area contributed by atoms with E-state index in [0.717, 1.165) is 54.7 Å². The fraction of sp³-hybridized carbons (Fsp3) is 0. The van der Waals surface area contributed by atoms with E-state index in [1.165, 1.54) is 0 Å². The summed E-state index contributed by atoms with van der Waals surface area (Å²) < 4.78 is 17.1. The molecule has 37 heavy (non-hydrogen) atoms. The largest absolute Gasteiger partial charge is 0.309 e. The zero-order valence-corrected chi connectivity index (χ0v) is 20.8. The van der Waals surface area contributed by atoms with Gasteiger partial charge in [-0.3, -0.25) is 4.57 Å². The second-order valence-corrected chi connectivity index (χ2v) is 11.8. The van der Waals surface area contributed by atoms with Crippen LogP contribution in [0.25, 0.3) is 38.8 Å². The third-order valence-corrected chi connectivity index (χ3v) is 9.91. The van der Waals surface area contributed by atoms with Crippen LogP contribution < -0.4 is 15.9 Å². The molecule has 5 heteroatoms. The molecule has 0 atom stereocenters. The fourth-order valence-electron chi connectivity index (χ4n) is 5.12. The van der Waals surface area contributed by atoms with Crippen LogP contribution in [0.4, 0.5) is 0 Å². The summed E-state index contributed by atoms with van der Waals surface area (Å²) in [4.78, 5) is 10.0. The molecule has 7 aromatic rings. The van der Waals surface area contributed by atoms with Crippen LogP contribution in [0.2, 0.25) is 0 Å². The van der Waals surface area contributed by atoms with Crippen molar-refractivity contribution in [2.75, 3.05) is 0 Å². The van der Waals surface area contributed by atoms with Gasteiger partial charge in [0.15, 0.2) is 12.8 Å². The number of para-hydroxylation sites is 3. The van der Waals surface area contributed by atoms with Gasteiger partial charge in [-0.1, -0.05) is 103 Å². The van der Waals surface area contributed by atoms with Crippen LogP contribution >= 0.6 is 7.14 Å². The van der Waals surface area contributed by atoms with Crippen molar-refractivity contribution in [3.63, 3.8) is 0 Å². The zero-order valence-electron chi connectivity index (χ0n) is 19.9. The second-order valence-electron chi connectivity index (χ2n) is 9.04. The molecule has 2 heterocycles. The van der Waals surface area contributed by atoms with E-state index in [0.29, 0.717) is 0 Å². The van der Waals surface area contributed by atoms with Gasteiger partial charge in [0.2, 0.25) is 0 Å². The van der Waals surface area contributed by atoms with E-state index in [4.69, 9.17) is 9.97 Å². The number of benzene rings is 5. The molecule has 0 N–H and O–H groups in total. The van der Waals surface area contributed by atoms with Gasteiger partial charge in [0, 0.05) is 27.0 Å². The van der Waals surface area contributed by atoms with Gasteiger partial charge in [0.05, 0.1) is 16.6 Å². The quantitative estimate of drug-likeness (QED) is 0.267. The highest BCUT2D eigenvalue weighted by Gasteiger charge is 2.30. The molecule has 0 spiro atoms. The third-order valence-electron chi connectivity index (χ3n) is 6.86. The van der Waals surface area contributed by atoms with Crippen molar-refractivity contribution in [2.45, 2.75) is 0 Å². The molecule has 7 rings (SSSR count). The Morgan fingerprint density at radius 2 is 1.11 bits per heavy atom. The summed E-state index contributed by atoms with van der Waals surface area (Å²) in [5.74, 6) is 0. The summed E-state index contributed by atoms with van der Waals surface area (Å²) in [6, 6.07) is 43.7. The molecular formula is C32H22N3OP. The Kier molecular flexibility index (Phi) is 5.02. The van der Waals surface area contributed by atoms with Crippen molar-refractivity contribution in [3.8, 4) is 5.69 Å². The predicted octanol–water partition coefficient (Wildman–Crippen LogP) is 6.37. The average molecular weight is 496 g/mol. The molecule has 4 nitrogen and oxygen atoms in total. The molecule has 0 amide bonds.